The second-order valence-corrected chi connectivity index (χ2v) is 8.78. The van der Waals surface area contributed by atoms with Gasteiger partial charge in [0.25, 0.3) is 5.78 Å². The van der Waals surface area contributed by atoms with Crippen LogP contribution in [0.4, 0.5) is 5.13 Å². The van der Waals surface area contributed by atoms with Crippen molar-refractivity contribution >= 4 is 39.9 Å². The number of ketones is 1. The van der Waals surface area contributed by atoms with Crippen molar-refractivity contribution in [2.75, 3.05) is 25.7 Å². The fourth-order valence-electron chi connectivity index (χ4n) is 3.95. The van der Waals surface area contributed by atoms with E-state index < -0.39 is 23.7 Å². The molecular weight excluding hydrogens is 484 g/mol. The highest BCUT2D eigenvalue weighted by Gasteiger charge is 2.48. The summed E-state index contributed by atoms with van der Waals surface area (Å²) in [7, 11) is 2.74. The van der Waals surface area contributed by atoms with Gasteiger partial charge in [-0.25, -0.2) is 9.78 Å². The summed E-state index contributed by atoms with van der Waals surface area (Å²) in [4.78, 5) is 44.6. The van der Waals surface area contributed by atoms with E-state index in [1.54, 1.807) is 55.5 Å². The van der Waals surface area contributed by atoms with Gasteiger partial charge in [0, 0.05) is 5.56 Å². The molecule has 3 aromatic rings. The minimum absolute atomic E-state index is 0.107. The normalized spacial score (nSPS) is 16.8. The van der Waals surface area contributed by atoms with Crippen LogP contribution in [0.25, 0.3) is 5.76 Å². The zero-order valence-corrected chi connectivity index (χ0v) is 20.9. The first kappa shape index (κ1) is 24.9. The molecule has 0 spiro atoms. The molecule has 0 saturated carbocycles. The number of aliphatic hydroxyl groups excluding tert-OH is 1. The summed E-state index contributed by atoms with van der Waals surface area (Å²) in [5, 5.41) is 11.4. The molecule has 0 bridgehead atoms. The number of benzene rings is 2. The van der Waals surface area contributed by atoms with Gasteiger partial charge in [0.05, 0.1) is 38.1 Å². The Hall–Kier alpha value is -4.18. The minimum Gasteiger partial charge on any atom is -0.507 e. The van der Waals surface area contributed by atoms with Gasteiger partial charge in [-0.1, -0.05) is 35.6 Å². The maximum absolute atomic E-state index is 13.3. The molecule has 10 heteroatoms. The lowest BCUT2D eigenvalue weighted by Crippen LogP contribution is -2.29. The Morgan fingerprint density at radius 3 is 2.47 bits per heavy atom. The molecule has 186 valence electrons. The number of aryl methyl sites for hydroxylation is 1. The quantitative estimate of drug-likeness (QED) is 0.218. The molecule has 4 rings (SSSR count). The maximum atomic E-state index is 13.3. The second kappa shape index (κ2) is 10.2. The molecule has 2 heterocycles. The van der Waals surface area contributed by atoms with Gasteiger partial charge in [-0.05, 0) is 43.7 Å². The molecule has 0 aliphatic carbocycles. The number of hydrogen-bond donors (Lipinski definition) is 1. The van der Waals surface area contributed by atoms with E-state index in [0.717, 1.165) is 11.3 Å². The van der Waals surface area contributed by atoms with Gasteiger partial charge in [0.1, 0.15) is 22.1 Å². The van der Waals surface area contributed by atoms with Crippen LogP contribution in [-0.2, 0) is 14.3 Å². The summed E-state index contributed by atoms with van der Waals surface area (Å²) < 4.78 is 15.6. The number of aromatic nitrogens is 1. The van der Waals surface area contributed by atoms with Crippen molar-refractivity contribution in [1.29, 1.82) is 0 Å². The Kier molecular flexibility index (Phi) is 7.07. The number of methoxy groups -OCH3 is 2. The highest BCUT2D eigenvalue weighted by atomic mass is 32.1. The van der Waals surface area contributed by atoms with E-state index in [1.807, 2.05) is 6.92 Å². The standard InChI is InChI=1S/C26H24N2O7S/c1-5-35-17-11-9-15(10-12-17)20-19(21(29)16-7-6-8-18(13-16)33-3)22(30)24(31)28(20)26-27-14(2)23(36-26)25(32)34-4/h6-13,20,29H,5H2,1-4H3/t20-/m0/s1. The topological polar surface area (TPSA) is 115 Å². The molecule has 2 aromatic carbocycles. The molecule has 1 amide bonds. The number of thiazole rings is 1. The van der Waals surface area contributed by atoms with Crippen molar-refractivity contribution < 1.29 is 33.7 Å². The lowest BCUT2D eigenvalue weighted by atomic mass is 9.95. The summed E-state index contributed by atoms with van der Waals surface area (Å²) >= 11 is 0.939. The minimum atomic E-state index is -0.997. The molecule has 9 nitrogen and oxygen atoms in total. The van der Waals surface area contributed by atoms with Crippen LogP contribution in [0, 0.1) is 6.92 Å². The van der Waals surface area contributed by atoms with Crippen molar-refractivity contribution in [1.82, 2.24) is 4.98 Å². The SMILES string of the molecule is CCOc1ccc([C@H]2C(=C(O)c3cccc(OC)c3)C(=O)C(=O)N2c2nc(C)c(C(=O)OC)s2)cc1. The average Bonchev–Trinajstić information content (AvgIpc) is 3.40. The van der Waals surface area contributed by atoms with Crippen molar-refractivity contribution in [3.05, 3.63) is 75.8 Å². The van der Waals surface area contributed by atoms with Crippen molar-refractivity contribution in [2.24, 2.45) is 0 Å². The molecule has 36 heavy (non-hydrogen) atoms. The number of nitrogens with zero attached hydrogens (tertiary/aromatic N) is 2. The van der Waals surface area contributed by atoms with Crippen molar-refractivity contribution in [3.8, 4) is 11.5 Å². The van der Waals surface area contributed by atoms with Gasteiger partial charge in [0.15, 0.2) is 5.13 Å². The highest BCUT2D eigenvalue weighted by molar-refractivity contribution is 7.17. The molecule has 1 aliphatic heterocycles. The number of amides is 1. The first-order valence-electron chi connectivity index (χ1n) is 11.0. The number of ether oxygens (including phenoxy) is 3. The summed E-state index contributed by atoms with van der Waals surface area (Å²) in [6.07, 6.45) is 0. The summed E-state index contributed by atoms with van der Waals surface area (Å²) in [6.45, 7) is 3.95. The zero-order valence-electron chi connectivity index (χ0n) is 20.1. The van der Waals surface area contributed by atoms with Gasteiger partial charge < -0.3 is 19.3 Å². The number of Topliss-reactive ketones (excluding diaryl/α,β-unsaturated/α-hetero) is 1. The van der Waals surface area contributed by atoms with E-state index in [2.05, 4.69) is 4.98 Å². The average molecular weight is 509 g/mol. The molecule has 1 N–H and O–H groups in total. The van der Waals surface area contributed by atoms with E-state index in [-0.39, 0.29) is 21.3 Å². The van der Waals surface area contributed by atoms with Crippen LogP contribution in [0.15, 0.2) is 54.1 Å². The smallest absolute Gasteiger partial charge is 0.350 e. The van der Waals surface area contributed by atoms with E-state index >= 15 is 0 Å². The van der Waals surface area contributed by atoms with Crippen LogP contribution in [0.1, 0.15) is 39.5 Å². The monoisotopic (exact) mass is 508 g/mol. The molecule has 0 radical (unpaired) electrons. The van der Waals surface area contributed by atoms with Gasteiger partial charge >= 0.3 is 11.9 Å². The predicted octanol–water partition coefficient (Wildman–Crippen LogP) is 4.27. The molecular formula is C26H24N2O7S. The number of rotatable bonds is 7. The Balaban J connectivity index is 1.91. The van der Waals surface area contributed by atoms with Crippen LogP contribution < -0.4 is 14.4 Å². The summed E-state index contributed by atoms with van der Waals surface area (Å²) in [5.41, 5.74) is 1.12. The van der Waals surface area contributed by atoms with Gasteiger partial charge in [0.2, 0.25) is 0 Å². The predicted molar refractivity (Wildman–Crippen MR) is 134 cm³/mol. The molecule has 1 aliphatic rings. The van der Waals surface area contributed by atoms with Crippen molar-refractivity contribution in [3.63, 3.8) is 0 Å². The Labute approximate surface area is 211 Å². The number of carbonyl (C=O) groups excluding carboxylic acids is 3. The van der Waals surface area contributed by atoms with E-state index in [0.29, 0.717) is 34.9 Å². The Morgan fingerprint density at radius 1 is 1.11 bits per heavy atom. The van der Waals surface area contributed by atoms with Gasteiger partial charge in [-0.15, -0.1) is 0 Å². The third-order valence-corrected chi connectivity index (χ3v) is 6.79. The number of aliphatic hydroxyl groups is 1. The van der Waals surface area contributed by atoms with E-state index in [9.17, 15) is 19.5 Å². The zero-order chi connectivity index (χ0) is 26.0. The highest BCUT2D eigenvalue weighted by Crippen LogP contribution is 2.44. The third-order valence-electron chi connectivity index (χ3n) is 5.66. The fraction of sp³-hybridized carbons (Fsp3) is 0.231. The fourth-order valence-corrected chi connectivity index (χ4v) is 4.96. The first-order chi connectivity index (χ1) is 17.3. The molecule has 1 saturated heterocycles. The molecule has 1 atom stereocenters. The first-order valence-corrected chi connectivity index (χ1v) is 11.9. The van der Waals surface area contributed by atoms with Crippen LogP contribution in [0.3, 0.4) is 0 Å². The Morgan fingerprint density at radius 2 is 1.83 bits per heavy atom. The summed E-state index contributed by atoms with van der Waals surface area (Å²) in [6, 6.07) is 12.4. The van der Waals surface area contributed by atoms with Crippen LogP contribution >= 0.6 is 11.3 Å². The lowest BCUT2D eigenvalue weighted by Gasteiger charge is -2.23. The van der Waals surface area contributed by atoms with Gasteiger partial charge in [-0.3, -0.25) is 14.5 Å². The van der Waals surface area contributed by atoms with Crippen LogP contribution in [-0.4, -0.2) is 48.6 Å². The van der Waals surface area contributed by atoms with E-state index in [4.69, 9.17) is 14.2 Å². The van der Waals surface area contributed by atoms with Crippen LogP contribution in [0.5, 0.6) is 11.5 Å². The number of hydrogen-bond acceptors (Lipinski definition) is 9. The number of carbonyl (C=O) groups is 3. The number of esters is 1. The molecule has 0 unspecified atom stereocenters. The Bertz CT molecular complexity index is 1360. The van der Waals surface area contributed by atoms with E-state index in [1.165, 1.54) is 19.1 Å². The lowest BCUT2D eigenvalue weighted by molar-refractivity contribution is -0.132. The van der Waals surface area contributed by atoms with Crippen LogP contribution in [0.2, 0.25) is 0 Å². The van der Waals surface area contributed by atoms with Crippen molar-refractivity contribution in [2.45, 2.75) is 19.9 Å². The molecule has 1 aromatic heterocycles. The number of anilines is 1. The molecule has 1 fully saturated rings. The van der Waals surface area contributed by atoms with Gasteiger partial charge in [-0.2, -0.15) is 0 Å². The maximum Gasteiger partial charge on any atom is 0.350 e. The third kappa shape index (κ3) is 4.42. The largest absolute Gasteiger partial charge is 0.507 e. The summed E-state index contributed by atoms with van der Waals surface area (Å²) in [5.74, 6) is -1.60. The second-order valence-electron chi connectivity index (χ2n) is 7.81.